The second kappa shape index (κ2) is 7.15. The van der Waals surface area contributed by atoms with Gasteiger partial charge in [0.1, 0.15) is 0 Å². The molecule has 0 spiro atoms. The molecule has 2 aliphatic rings. The maximum atomic E-state index is 12.7. The van der Waals surface area contributed by atoms with E-state index >= 15 is 0 Å². The quantitative estimate of drug-likeness (QED) is 0.704. The van der Waals surface area contributed by atoms with Crippen molar-refractivity contribution < 1.29 is 21.4 Å². The van der Waals surface area contributed by atoms with Gasteiger partial charge in [0.15, 0.2) is 5.82 Å². The first-order chi connectivity index (χ1) is 13.6. The molecule has 4 rings (SSSR count). The number of sulfonamides is 2. The number of hydrogen-bond donors (Lipinski definition) is 1. The standard InChI is InChI=1S/C18H24N4O5S2/c1-13-19-17(27-20-13)18-9-16(8-15(18)10-22(12-18)28(2,23)24)21-29(25,26)11-14-6-4-3-5-7-14/h3-7,15-16,21H,8-12H2,1-2H3/t15?,16-,18+/m1/s1. The van der Waals surface area contributed by atoms with Crippen LogP contribution in [0.1, 0.15) is 30.1 Å². The van der Waals surface area contributed by atoms with E-state index in [1.165, 1.54) is 10.6 Å². The predicted octanol–water partition coefficient (Wildman–Crippen LogP) is 0.789. The zero-order valence-corrected chi connectivity index (χ0v) is 17.9. The van der Waals surface area contributed by atoms with Crippen LogP contribution in [0.4, 0.5) is 0 Å². The molecule has 3 atom stereocenters. The number of benzene rings is 1. The molecule has 1 aliphatic heterocycles. The van der Waals surface area contributed by atoms with Crippen molar-refractivity contribution in [1.29, 1.82) is 0 Å². The van der Waals surface area contributed by atoms with Crippen molar-refractivity contribution in [2.45, 2.75) is 37.0 Å². The number of rotatable bonds is 6. The molecular weight excluding hydrogens is 416 g/mol. The fourth-order valence-electron chi connectivity index (χ4n) is 4.59. The number of nitrogens with zero attached hydrogens (tertiary/aromatic N) is 3. The van der Waals surface area contributed by atoms with Crippen LogP contribution in [-0.4, -0.2) is 56.7 Å². The Balaban J connectivity index is 1.56. The van der Waals surface area contributed by atoms with Gasteiger partial charge in [0.25, 0.3) is 0 Å². The van der Waals surface area contributed by atoms with Crippen LogP contribution in [0.25, 0.3) is 0 Å². The minimum Gasteiger partial charge on any atom is -0.339 e. The van der Waals surface area contributed by atoms with Crippen LogP contribution in [-0.2, 0) is 31.2 Å². The van der Waals surface area contributed by atoms with Gasteiger partial charge in [0.05, 0.1) is 17.4 Å². The molecule has 1 saturated heterocycles. The van der Waals surface area contributed by atoms with Gasteiger partial charge in [-0.05, 0) is 31.2 Å². The van der Waals surface area contributed by atoms with Crippen molar-refractivity contribution in [1.82, 2.24) is 19.2 Å². The number of aryl methyl sites for hydroxylation is 1. The van der Waals surface area contributed by atoms with Crippen LogP contribution in [0, 0.1) is 12.8 Å². The Morgan fingerprint density at radius 1 is 1.24 bits per heavy atom. The molecule has 11 heteroatoms. The van der Waals surface area contributed by atoms with E-state index in [2.05, 4.69) is 14.9 Å². The molecule has 29 heavy (non-hydrogen) atoms. The third-order valence-electron chi connectivity index (χ3n) is 5.81. The largest absolute Gasteiger partial charge is 0.339 e. The third-order valence-corrected chi connectivity index (χ3v) is 8.43. The van der Waals surface area contributed by atoms with Gasteiger partial charge in [-0.2, -0.15) is 4.98 Å². The first kappa shape index (κ1) is 20.5. The minimum atomic E-state index is -3.54. The molecule has 2 heterocycles. The lowest BCUT2D eigenvalue weighted by Gasteiger charge is -2.24. The number of aromatic nitrogens is 2. The Morgan fingerprint density at radius 3 is 2.59 bits per heavy atom. The smallest absolute Gasteiger partial charge is 0.234 e. The lowest BCUT2D eigenvalue weighted by atomic mass is 9.80. The van der Waals surface area contributed by atoms with Crippen LogP contribution in [0.2, 0.25) is 0 Å². The minimum absolute atomic E-state index is 0.0958. The van der Waals surface area contributed by atoms with Gasteiger partial charge in [-0.15, -0.1) is 0 Å². The lowest BCUT2D eigenvalue weighted by Crippen LogP contribution is -2.39. The summed E-state index contributed by atoms with van der Waals surface area (Å²) in [6, 6.07) is 8.67. The molecule has 158 valence electrons. The molecule has 0 radical (unpaired) electrons. The second-order valence-corrected chi connectivity index (χ2v) is 11.8. The van der Waals surface area contributed by atoms with Gasteiger partial charge >= 0.3 is 0 Å². The molecule has 0 amide bonds. The van der Waals surface area contributed by atoms with Crippen LogP contribution in [0.3, 0.4) is 0 Å². The zero-order valence-electron chi connectivity index (χ0n) is 16.3. The maximum Gasteiger partial charge on any atom is 0.234 e. The normalized spacial score (nSPS) is 27.9. The van der Waals surface area contributed by atoms with E-state index in [0.717, 1.165) is 0 Å². The summed E-state index contributed by atoms with van der Waals surface area (Å²) in [5.41, 5.74) is 0.0354. The Labute approximate surface area is 170 Å². The summed E-state index contributed by atoms with van der Waals surface area (Å²) in [6.45, 7) is 2.24. The molecule has 0 bridgehead atoms. The van der Waals surface area contributed by atoms with Crippen molar-refractivity contribution in [2.24, 2.45) is 5.92 Å². The molecule has 1 aromatic heterocycles. The SMILES string of the molecule is Cc1noc([C@]23C[C@H](NS(=O)(=O)Cc4ccccc4)CC2CN(S(C)(=O)=O)C3)n1. The van der Waals surface area contributed by atoms with Crippen molar-refractivity contribution in [3.8, 4) is 0 Å². The van der Waals surface area contributed by atoms with Gasteiger partial charge in [0, 0.05) is 19.1 Å². The summed E-state index contributed by atoms with van der Waals surface area (Å²) < 4.78 is 59.2. The molecule has 9 nitrogen and oxygen atoms in total. The van der Waals surface area contributed by atoms with Crippen LogP contribution in [0.15, 0.2) is 34.9 Å². The Hall–Kier alpha value is -1.82. The number of hydrogen-bond acceptors (Lipinski definition) is 7. The van der Waals surface area contributed by atoms with Gasteiger partial charge in [-0.25, -0.2) is 25.9 Å². The van der Waals surface area contributed by atoms with E-state index in [0.29, 0.717) is 36.7 Å². The van der Waals surface area contributed by atoms with Crippen molar-refractivity contribution >= 4 is 20.0 Å². The highest BCUT2D eigenvalue weighted by molar-refractivity contribution is 7.88. The number of nitrogens with one attached hydrogen (secondary N) is 1. The summed E-state index contributed by atoms with van der Waals surface area (Å²) in [5.74, 6) is 0.661. The van der Waals surface area contributed by atoms with Gasteiger partial charge < -0.3 is 4.52 Å². The van der Waals surface area contributed by atoms with E-state index in [1.807, 2.05) is 6.07 Å². The van der Waals surface area contributed by atoms with Crippen LogP contribution in [0.5, 0.6) is 0 Å². The third kappa shape index (κ3) is 4.09. The van der Waals surface area contributed by atoms with Crippen LogP contribution >= 0.6 is 0 Å². The maximum absolute atomic E-state index is 12.7. The van der Waals surface area contributed by atoms with Crippen molar-refractivity contribution in [2.75, 3.05) is 19.3 Å². The Kier molecular flexibility index (Phi) is 5.04. The van der Waals surface area contributed by atoms with Gasteiger partial charge in [-0.1, -0.05) is 35.5 Å². The molecule has 1 saturated carbocycles. The van der Waals surface area contributed by atoms with E-state index in [4.69, 9.17) is 4.52 Å². The molecule has 1 N–H and O–H groups in total. The van der Waals surface area contributed by atoms with Crippen molar-refractivity contribution in [3.63, 3.8) is 0 Å². The summed E-state index contributed by atoms with van der Waals surface area (Å²) >= 11 is 0. The summed E-state index contributed by atoms with van der Waals surface area (Å²) in [5, 5.41) is 3.87. The molecule has 2 aromatic rings. The van der Waals surface area contributed by atoms with Gasteiger partial charge in [0.2, 0.25) is 25.9 Å². The van der Waals surface area contributed by atoms with E-state index in [9.17, 15) is 16.8 Å². The van der Waals surface area contributed by atoms with Gasteiger partial charge in [-0.3, -0.25) is 0 Å². The summed E-state index contributed by atoms with van der Waals surface area (Å²) in [4.78, 5) is 4.36. The summed E-state index contributed by atoms with van der Waals surface area (Å²) in [7, 11) is -6.92. The highest BCUT2D eigenvalue weighted by Gasteiger charge is 2.59. The topological polar surface area (TPSA) is 122 Å². The summed E-state index contributed by atoms with van der Waals surface area (Å²) in [6.07, 6.45) is 2.11. The molecular formula is C18H24N4O5S2. The zero-order chi connectivity index (χ0) is 20.9. The van der Waals surface area contributed by atoms with E-state index in [-0.39, 0.29) is 24.3 Å². The number of fused-ring (bicyclic) bond motifs is 1. The Morgan fingerprint density at radius 2 is 1.97 bits per heavy atom. The first-order valence-corrected chi connectivity index (χ1v) is 12.9. The molecule has 1 unspecified atom stereocenters. The van der Waals surface area contributed by atoms with E-state index in [1.54, 1.807) is 31.2 Å². The second-order valence-electron chi connectivity index (χ2n) is 8.05. The fourth-order valence-corrected chi connectivity index (χ4v) is 6.90. The Bertz CT molecular complexity index is 1100. The average Bonchev–Trinajstić information content (AvgIpc) is 3.27. The van der Waals surface area contributed by atoms with E-state index < -0.39 is 25.5 Å². The van der Waals surface area contributed by atoms with Crippen molar-refractivity contribution in [3.05, 3.63) is 47.6 Å². The first-order valence-electron chi connectivity index (χ1n) is 9.37. The molecule has 2 fully saturated rings. The van der Waals surface area contributed by atoms with Crippen LogP contribution < -0.4 is 4.72 Å². The molecule has 1 aliphatic carbocycles. The fraction of sp³-hybridized carbons (Fsp3) is 0.556. The average molecular weight is 441 g/mol. The predicted molar refractivity (Wildman–Crippen MR) is 106 cm³/mol. The monoisotopic (exact) mass is 440 g/mol. The lowest BCUT2D eigenvalue weighted by molar-refractivity contribution is 0.259. The highest BCUT2D eigenvalue weighted by atomic mass is 32.2. The molecule has 1 aromatic carbocycles. The highest BCUT2D eigenvalue weighted by Crippen LogP contribution is 2.50.